The van der Waals surface area contributed by atoms with Crippen LogP contribution >= 0.6 is 11.8 Å². The number of amides is 1. The van der Waals surface area contributed by atoms with Gasteiger partial charge in [-0.1, -0.05) is 61.9 Å². The first-order valence-electron chi connectivity index (χ1n) is 8.44. The number of nitrogens with zero attached hydrogens (tertiary/aromatic N) is 4. The number of carbonyl (C=O) groups is 1. The van der Waals surface area contributed by atoms with E-state index in [9.17, 15) is 4.79 Å². The van der Waals surface area contributed by atoms with E-state index in [1.54, 1.807) is 4.68 Å². The lowest BCUT2D eigenvalue weighted by Crippen LogP contribution is -2.41. The Hall–Kier alpha value is -1.89. The maximum absolute atomic E-state index is 12.2. The van der Waals surface area contributed by atoms with Crippen LogP contribution in [-0.2, 0) is 11.3 Å². The minimum absolute atomic E-state index is 0.0630. The fraction of sp³-hybridized carbons (Fsp3) is 0.529. The topological polar surface area (TPSA) is 72.7 Å². The molecule has 1 aliphatic rings. The summed E-state index contributed by atoms with van der Waals surface area (Å²) in [6.45, 7) is 2.83. The van der Waals surface area contributed by atoms with Gasteiger partial charge in [-0.05, 0) is 34.7 Å². The number of hydrogen-bond acceptors (Lipinski definition) is 5. The maximum Gasteiger partial charge on any atom is 0.230 e. The molecule has 1 heterocycles. The van der Waals surface area contributed by atoms with Crippen LogP contribution in [0.4, 0.5) is 0 Å². The van der Waals surface area contributed by atoms with E-state index in [1.807, 2.05) is 30.3 Å². The third-order valence-corrected chi connectivity index (χ3v) is 5.42. The molecule has 2 atom stereocenters. The molecule has 0 unspecified atom stereocenters. The summed E-state index contributed by atoms with van der Waals surface area (Å²) in [6, 6.07) is 10.3. The third kappa shape index (κ3) is 4.56. The van der Waals surface area contributed by atoms with Crippen molar-refractivity contribution in [3.8, 4) is 0 Å². The van der Waals surface area contributed by atoms with E-state index in [-0.39, 0.29) is 5.91 Å². The monoisotopic (exact) mass is 345 g/mol. The van der Waals surface area contributed by atoms with E-state index >= 15 is 0 Å². The molecule has 0 radical (unpaired) electrons. The van der Waals surface area contributed by atoms with Crippen LogP contribution < -0.4 is 5.32 Å². The molecule has 1 aromatic heterocycles. The van der Waals surface area contributed by atoms with Gasteiger partial charge in [0.15, 0.2) is 0 Å². The normalized spacial score (nSPS) is 20.7. The summed E-state index contributed by atoms with van der Waals surface area (Å²) in [5, 5.41) is 15.6. The highest BCUT2D eigenvalue weighted by Crippen LogP contribution is 2.24. The molecule has 0 saturated heterocycles. The zero-order valence-corrected chi connectivity index (χ0v) is 14.7. The van der Waals surface area contributed by atoms with Gasteiger partial charge in [-0.25, -0.2) is 4.68 Å². The molecule has 3 rings (SSSR count). The van der Waals surface area contributed by atoms with Crippen molar-refractivity contribution in [2.24, 2.45) is 5.92 Å². The Bertz CT molecular complexity index is 660. The lowest BCUT2D eigenvalue weighted by atomic mass is 9.86. The minimum atomic E-state index is 0.0630. The SMILES string of the molecule is C[C@@H]1CCCC[C@H]1NC(=O)CSc1nnnn1Cc1ccccc1. The Morgan fingerprint density at radius 1 is 1.29 bits per heavy atom. The lowest BCUT2D eigenvalue weighted by molar-refractivity contribution is -0.119. The number of hydrogen-bond donors (Lipinski definition) is 1. The van der Waals surface area contributed by atoms with Crippen molar-refractivity contribution in [1.82, 2.24) is 25.5 Å². The number of tetrazole rings is 1. The van der Waals surface area contributed by atoms with Gasteiger partial charge in [0.1, 0.15) is 0 Å². The smallest absolute Gasteiger partial charge is 0.230 e. The Labute approximate surface area is 146 Å². The maximum atomic E-state index is 12.2. The average molecular weight is 345 g/mol. The second-order valence-electron chi connectivity index (χ2n) is 6.33. The molecule has 1 aliphatic carbocycles. The predicted molar refractivity (Wildman–Crippen MR) is 93.6 cm³/mol. The van der Waals surface area contributed by atoms with Gasteiger partial charge in [-0.2, -0.15) is 0 Å². The molecule has 128 valence electrons. The molecule has 1 amide bonds. The van der Waals surface area contributed by atoms with E-state index in [4.69, 9.17) is 0 Å². The van der Waals surface area contributed by atoms with Crippen molar-refractivity contribution in [2.45, 2.75) is 50.4 Å². The number of aromatic nitrogens is 4. The standard InChI is InChI=1S/C17H23N5OS/c1-13-7-5-6-10-15(13)18-16(23)12-24-17-19-20-21-22(17)11-14-8-3-2-4-9-14/h2-4,8-9,13,15H,5-7,10-12H2,1H3,(H,18,23)/t13-,15-/m1/s1. The second-order valence-corrected chi connectivity index (χ2v) is 7.27. The first kappa shape index (κ1) is 17.0. The summed E-state index contributed by atoms with van der Waals surface area (Å²) in [7, 11) is 0. The molecule has 1 saturated carbocycles. The molecule has 0 bridgehead atoms. The first-order valence-corrected chi connectivity index (χ1v) is 9.43. The number of thioether (sulfide) groups is 1. The van der Waals surface area contributed by atoms with Crippen molar-refractivity contribution >= 4 is 17.7 Å². The summed E-state index contributed by atoms with van der Waals surface area (Å²) in [5.74, 6) is 0.974. The van der Waals surface area contributed by atoms with E-state index in [0.29, 0.717) is 29.4 Å². The number of carbonyl (C=O) groups excluding carboxylic acids is 1. The second kappa shape index (κ2) is 8.28. The van der Waals surface area contributed by atoms with Crippen LogP contribution in [0.2, 0.25) is 0 Å². The van der Waals surface area contributed by atoms with Crippen molar-refractivity contribution < 1.29 is 4.79 Å². The molecule has 24 heavy (non-hydrogen) atoms. The Morgan fingerprint density at radius 2 is 2.08 bits per heavy atom. The molecular formula is C17H23N5OS. The highest BCUT2D eigenvalue weighted by Gasteiger charge is 2.23. The summed E-state index contributed by atoms with van der Waals surface area (Å²) in [5.41, 5.74) is 1.13. The number of benzene rings is 1. The van der Waals surface area contributed by atoms with Crippen molar-refractivity contribution in [2.75, 3.05) is 5.75 Å². The van der Waals surface area contributed by atoms with Gasteiger partial charge in [0, 0.05) is 6.04 Å². The van der Waals surface area contributed by atoms with E-state index in [2.05, 4.69) is 27.8 Å². The Balaban J connectivity index is 1.51. The van der Waals surface area contributed by atoms with Gasteiger partial charge in [-0.15, -0.1) is 5.10 Å². The van der Waals surface area contributed by atoms with Gasteiger partial charge in [0.05, 0.1) is 12.3 Å². The number of rotatable bonds is 6. The van der Waals surface area contributed by atoms with E-state index in [1.165, 1.54) is 31.0 Å². The summed E-state index contributed by atoms with van der Waals surface area (Å²) in [4.78, 5) is 12.2. The first-order chi connectivity index (χ1) is 11.7. The van der Waals surface area contributed by atoms with Crippen LogP contribution in [0, 0.1) is 5.92 Å². The van der Waals surface area contributed by atoms with Crippen LogP contribution in [0.3, 0.4) is 0 Å². The summed E-state index contributed by atoms with van der Waals surface area (Å²) in [6.07, 6.45) is 4.77. The fourth-order valence-corrected chi connectivity index (χ4v) is 3.75. The molecule has 1 N–H and O–H groups in total. The van der Waals surface area contributed by atoms with Crippen LogP contribution in [0.15, 0.2) is 35.5 Å². The third-order valence-electron chi connectivity index (χ3n) is 4.46. The Morgan fingerprint density at radius 3 is 2.88 bits per heavy atom. The molecule has 7 heteroatoms. The summed E-state index contributed by atoms with van der Waals surface area (Å²) < 4.78 is 1.73. The average Bonchev–Trinajstić information content (AvgIpc) is 3.03. The highest BCUT2D eigenvalue weighted by molar-refractivity contribution is 7.99. The lowest BCUT2D eigenvalue weighted by Gasteiger charge is -2.29. The number of nitrogens with one attached hydrogen (secondary N) is 1. The summed E-state index contributed by atoms with van der Waals surface area (Å²) >= 11 is 1.39. The van der Waals surface area contributed by atoms with Crippen molar-refractivity contribution in [3.63, 3.8) is 0 Å². The molecule has 0 spiro atoms. The van der Waals surface area contributed by atoms with Crippen LogP contribution in [-0.4, -0.2) is 37.9 Å². The quantitative estimate of drug-likeness (QED) is 0.815. The molecule has 6 nitrogen and oxygen atoms in total. The van der Waals surface area contributed by atoms with Gasteiger partial charge < -0.3 is 5.32 Å². The molecule has 0 aliphatic heterocycles. The zero-order valence-electron chi connectivity index (χ0n) is 13.9. The predicted octanol–water partition coefficient (Wildman–Crippen LogP) is 2.51. The molecular weight excluding hydrogens is 322 g/mol. The van der Waals surface area contributed by atoms with Crippen molar-refractivity contribution in [3.05, 3.63) is 35.9 Å². The van der Waals surface area contributed by atoms with E-state index in [0.717, 1.165) is 12.0 Å². The minimum Gasteiger partial charge on any atom is -0.352 e. The largest absolute Gasteiger partial charge is 0.352 e. The van der Waals surface area contributed by atoms with Crippen LogP contribution in [0.25, 0.3) is 0 Å². The van der Waals surface area contributed by atoms with Crippen LogP contribution in [0.5, 0.6) is 0 Å². The Kier molecular flexibility index (Phi) is 5.85. The highest BCUT2D eigenvalue weighted by atomic mass is 32.2. The fourth-order valence-electron chi connectivity index (χ4n) is 3.06. The molecule has 1 fully saturated rings. The molecule has 1 aromatic carbocycles. The van der Waals surface area contributed by atoms with Gasteiger partial charge in [0.2, 0.25) is 11.1 Å². The van der Waals surface area contributed by atoms with Crippen LogP contribution in [0.1, 0.15) is 38.2 Å². The van der Waals surface area contributed by atoms with Gasteiger partial charge >= 0.3 is 0 Å². The van der Waals surface area contributed by atoms with E-state index < -0.39 is 0 Å². The van der Waals surface area contributed by atoms with Gasteiger partial charge in [0.25, 0.3) is 0 Å². The zero-order chi connectivity index (χ0) is 16.8. The van der Waals surface area contributed by atoms with Gasteiger partial charge in [-0.3, -0.25) is 4.79 Å². The van der Waals surface area contributed by atoms with Crippen molar-refractivity contribution in [1.29, 1.82) is 0 Å². The molecule has 2 aromatic rings.